The number of nitrogens with zero attached hydrogens (tertiary/aromatic N) is 3. The lowest BCUT2D eigenvalue weighted by Crippen LogP contribution is -2.42. The second-order valence-corrected chi connectivity index (χ2v) is 6.59. The Bertz CT molecular complexity index is 973. The summed E-state index contributed by atoms with van der Waals surface area (Å²) in [5, 5.41) is 9.17. The highest BCUT2D eigenvalue weighted by Gasteiger charge is 2.34. The molecule has 1 saturated heterocycles. The fourth-order valence-electron chi connectivity index (χ4n) is 3.48. The fraction of sp³-hybridized carbons (Fsp3) is 0.250. The maximum atomic E-state index is 12.6. The van der Waals surface area contributed by atoms with Crippen molar-refractivity contribution in [3.63, 3.8) is 0 Å². The summed E-state index contributed by atoms with van der Waals surface area (Å²) in [6, 6.07) is 13.5. The maximum Gasteiger partial charge on any atom is 0.249 e. The Morgan fingerprint density at radius 1 is 1.23 bits per heavy atom. The molecule has 2 amide bonds. The third-order valence-electron chi connectivity index (χ3n) is 4.77. The first-order valence-electron chi connectivity index (χ1n) is 8.68. The lowest BCUT2D eigenvalue weighted by molar-refractivity contribution is -0.126. The van der Waals surface area contributed by atoms with E-state index in [1.54, 1.807) is 22.0 Å². The average molecular weight is 348 g/mol. The van der Waals surface area contributed by atoms with Crippen LogP contribution in [0.1, 0.15) is 12.0 Å². The first-order chi connectivity index (χ1) is 12.6. The molecular weight excluding hydrogens is 328 g/mol. The number of rotatable bonds is 4. The smallest absolute Gasteiger partial charge is 0.249 e. The zero-order valence-electron chi connectivity index (χ0n) is 14.6. The van der Waals surface area contributed by atoms with Gasteiger partial charge in [-0.15, -0.1) is 0 Å². The number of carbonyl (C=O) groups excluding carboxylic acids is 2. The van der Waals surface area contributed by atoms with Crippen LogP contribution < -0.4 is 10.2 Å². The number of aromatic nitrogens is 2. The van der Waals surface area contributed by atoms with Crippen molar-refractivity contribution in [3.8, 4) is 0 Å². The molecule has 0 saturated carbocycles. The van der Waals surface area contributed by atoms with Crippen molar-refractivity contribution in [2.75, 3.05) is 11.4 Å². The Hall–Kier alpha value is -3.15. The third kappa shape index (κ3) is 3.06. The molecule has 1 aromatic heterocycles. The number of nitrogens with one attached hydrogen (secondary N) is 1. The van der Waals surface area contributed by atoms with Gasteiger partial charge in [0, 0.05) is 19.8 Å². The minimum absolute atomic E-state index is 0.0794. The summed E-state index contributed by atoms with van der Waals surface area (Å²) < 4.78 is 1.66. The molecule has 6 nitrogen and oxygen atoms in total. The molecule has 132 valence electrons. The highest BCUT2D eigenvalue weighted by atomic mass is 16.2. The zero-order chi connectivity index (χ0) is 18.1. The zero-order valence-corrected chi connectivity index (χ0v) is 14.6. The minimum Gasteiger partial charge on any atom is -0.344 e. The summed E-state index contributed by atoms with van der Waals surface area (Å²) in [5.74, 6) is -0.211. The van der Waals surface area contributed by atoms with Crippen LogP contribution in [0.15, 0.2) is 54.9 Å². The molecule has 0 bridgehead atoms. The number of hydrogen-bond donors (Lipinski definition) is 1. The summed E-state index contributed by atoms with van der Waals surface area (Å²) in [5.41, 5.74) is 1.73. The molecular formula is C20H20N4O2. The largest absolute Gasteiger partial charge is 0.344 e. The van der Waals surface area contributed by atoms with Crippen LogP contribution in [-0.2, 0) is 23.1 Å². The van der Waals surface area contributed by atoms with Crippen LogP contribution in [0.3, 0.4) is 0 Å². The summed E-state index contributed by atoms with van der Waals surface area (Å²) in [4.78, 5) is 26.8. The van der Waals surface area contributed by atoms with Gasteiger partial charge in [-0.2, -0.15) is 5.10 Å². The first-order valence-corrected chi connectivity index (χ1v) is 8.68. The topological polar surface area (TPSA) is 67.2 Å². The van der Waals surface area contributed by atoms with Gasteiger partial charge in [0.1, 0.15) is 6.04 Å². The van der Waals surface area contributed by atoms with Crippen LogP contribution >= 0.6 is 0 Å². The Balaban J connectivity index is 1.44. The van der Waals surface area contributed by atoms with Crippen molar-refractivity contribution in [1.82, 2.24) is 15.1 Å². The molecule has 4 rings (SSSR count). The number of anilines is 1. The van der Waals surface area contributed by atoms with Gasteiger partial charge in [-0.05, 0) is 22.8 Å². The predicted molar refractivity (Wildman–Crippen MR) is 99.8 cm³/mol. The van der Waals surface area contributed by atoms with E-state index in [0.29, 0.717) is 13.0 Å². The Morgan fingerprint density at radius 3 is 2.85 bits per heavy atom. The molecule has 0 spiro atoms. The van der Waals surface area contributed by atoms with Gasteiger partial charge in [0.25, 0.3) is 0 Å². The van der Waals surface area contributed by atoms with E-state index in [-0.39, 0.29) is 18.2 Å². The molecule has 2 aromatic carbocycles. The number of benzene rings is 2. The predicted octanol–water partition coefficient (Wildman–Crippen LogP) is 2.04. The van der Waals surface area contributed by atoms with E-state index in [2.05, 4.69) is 10.4 Å². The highest BCUT2D eigenvalue weighted by molar-refractivity contribution is 6.01. The SMILES string of the molecule is Cn1cc(N2CC[C@H](NC(=O)Cc3cccc4ccccc34)C2=O)cn1. The monoisotopic (exact) mass is 348 g/mol. The normalized spacial score (nSPS) is 17.0. The molecule has 1 atom stereocenters. The molecule has 1 aliphatic rings. The van der Waals surface area contributed by atoms with Crippen LogP contribution in [0.25, 0.3) is 10.8 Å². The van der Waals surface area contributed by atoms with Gasteiger partial charge in [0.2, 0.25) is 11.8 Å². The second kappa shape index (κ2) is 6.63. The first kappa shape index (κ1) is 16.3. The van der Waals surface area contributed by atoms with Crippen molar-refractivity contribution in [2.45, 2.75) is 18.9 Å². The van der Waals surface area contributed by atoms with Crippen LogP contribution in [-0.4, -0.2) is 34.2 Å². The second-order valence-electron chi connectivity index (χ2n) is 6.59. The lowest BCUT2D eigenvalue weighted by atomic mass is 10.0. The quantitative estimate of drug-likeness (QED) is 0.785. The third-order valence-corrected chi connectivity index (χ3v) is 4.77. The van der Waals surface area contributed by atoms with Crippen LogP contribution in [0.4, 0.5) is 5.69 Å². The van der Waals surface area contributed by atoms with Gasteiger partial charge >= 0.3 is 0 Å². The van der Waals surface area contributed by atoms with Gasteiger partial charge in [-0.25, -0.2) is 0 Å². The van der Waals surface area contributed by atoms with E-state index >= 15 is 0 Å². The highest BCUT2D eigenvalue weighted by Crippen LogP contribution is 2.22. The van der Waals surface area contributed by atoms with Crippen molar-refractivity contribution in [2.24, 2.45) is 7.05 Å². The number of amides is 2. The molecule has 3 aromatic rings. The molecule has 1 N–H and O–H groups in total. The number of aryl methyl sites for hydroxylation is 1. The van der Waals surface area contributed by atoms with Crippen molar-refractivity contribution >= 4 is 28.3 Å². The Kier molecular flexibility index (Phi) is 4.16. The van der Waals surface area contributed by atoms with Crippen LogP contribution in [0.5, 0.6) is 0 Å². The lowest BCUT2D eigenvalue weighted by Gasteiger charge is -2.15. The Morgan fingerprint density at radius 2 is 2.04 bits per heavy atom. The molecule has 0 unspecified atom stereocenters. The van der Waals surface area contributed by atoms with E-state index in [1.807, 2.05) is 49.5 Å². The fourth-order valence-corrected chi connectivity index (χ4v) is 3.48. The van der Waals surface area contributed by atoms with E-state index < -0.39 is 6.04 Å². The van der Waals surface area contributed by atoms with Gasteiger partial charge in [0.05, 0.1) is 18.3 Å². The van der Waals surface area contributed by atoms with Crippen molar-refractivity contribution in [1.29, 1.82) is 0 Å². The van der Waals surface area contributed by atoms with Crippen LogP contribution in [0.2, 0.25) is 0 Å². The maximum absolute atomic E-state index is 12.6. The summed E-state index contributed by atoms with van der Waals surface area (Å²) in [7, 11) is 1.81. The van der Waals surface area contributed by atoms with Gasteiger partial charge in [-0.3, -0.25) is 14.3 Å². The van der Waals surface area contributed by atoms with Gasteiger partial charge in [0.15, 0.2) is 0 Å². The summed E-state index contributed by atoms with van der Waals surface area (Å²) in [6.45, 7) is 0.587. The molecule has 1 aliphatic heterocycles. The van der Waals surface area contributed by atoms with Crippen molar-refractivity contribution in [3.05, 3.63) is 60.4 Å². The van der Waals surface area contributed by atoms with E-state index in [0.717, 1.165) is 22.0 Å². The Labute approximate surface area is 151 Å². The standard InChI is InChI=1S/C20H20N4O2/c1-23-13-16(12-21-23)24-10-9-18(20(24)26)22-19(25)11-15-7-4-6-14-5-2-3-8-17(14)15/h2-8,12-13,18H,9-11H2,1H3,(H,22,25)/t18-/m0/s1. The molecule has 0 aliphatic carbocycles. The molecule has 0 radical (unpaired) electrons. The van der Waals surface area contributed by atoms with E-state index in [9.17, 15) is 9.59 Å². The number of fused-ring (bicyclic) bond motifs is 1. The summed E-state index contributed by atoms with van der Waals surface area (Å²) >= 11 is 0. The molecule has 2 heterocycles. The summed E-state index contributed by atoms with van der Waals surface area (Å²) in [6.07, 6.45) is 4.34. The van der Waals surface area contributed by atoms with Gasteiger partial charge in [-0.1, -0.05) is 42.5 Å². The average Bonchev–Trinajstić information content (AvgIpc) is 3.21. The molecule has 1 fully saturated rings. The van der Waals surface area contributed by atoms with E-state index in [1.165, 1.54) is 0 Å². The van der Waals surface area contributed by atoms with E-state index in [4.69, 9.17) is 0 Å². The molecule has 26 heavy (non-hydrogen) atoms. The number of carbonyl (C=O) groups is 2. The van der Waals surface area contributed by atoms with Crippen molar-refractivity contribution < 1.29 is 9.59 Å². The minimum atomic E-state index is -0.474. The molecule has 6 heteroatoms. The van der Waals surface area contributed by atoms with Gasteiger partial charge < -0.3 is 10.2 Å². The van der Waals surface area contributed by atoms with Crippen LogP contribution in [0, 0.1) is 0 Å². The number of hydrogen-bond acceptors (Lipinski definition) is 3.